The smallest absolute Gasteiger partial charge is 0.132 e. The fraction of sp³-hybridized carbons (Fsp3) is 0.250. The van der Waals surface area contributed by atoms with Gasteiger partial charge in [0.15, 0.2) is 0 Å². The standard InChI is InChI=1S/C16H19NO2S/c1-19-15-8-7-12(9-16(15)20-2)10-17-14-6-4-3-5-13(14)11-18/h3-9,17-18H,10-11H2,1-2H3. The van der Waals surface area contributed by atoms with Gasteiger partial charge in [-0.15, -0.1) is 11.8 Å². The minimum absolute atomic E-state index is 0.0435. The van der Waals surface area contributed by atoms with Crippen LogP contribution < -0.4 is 10.1 Å². The summed E-state index contributed by atoms with van der Waals surface area (Å²) in [6.07, 6.45) is 2.04. The molecule has 2 aromatic rings. The van der Waals surface area contributed by atoms with Gasteiger partial charge in [-0.25, -0.2) is 0 Å². The van der Waals surface area contributed by atoms with E-state index in [1.807, 2.05) is 42.7 Å². The van der Waals surface area contributed by atoms with E-state index in [4.69, 9.17) is 4.74 Å². The van der Waals surface area contributed by atoms with Crippen molar-refractivity contribution in [2.45, 2.75) is 18.0 Å². The zero-order valence-corrected chi connectivity index (χ0v) is 12.5. The van der Waals surface area contributed by atoms with Crippen LogP contribution in [0.2, 0.25) is 0 Å². The van der Waals surface area contributed by atoms with Crippen molar-refractivity contribution in [2.24, 2.45) is 0 Å². The number of aliphatic hydroxyl groups excluding tert-OH is 1. The second-order valence-corrected chi connectivity index (χ2v) is 5.21. The maximum absolute atomic E-state index is 9.31. The molecule has 0 spiro atoms. The molecule has 0 amide bonds. The van der Waals surface area contributed by atoms with Crippen LogP contribution in [0, 0.1) is 0 Å². The third kappa shape index (κ3) is 3.46. The van der Waals surface area contributed by atoms with Gasteiger partial charge in [-0.3, -0.25) is 0 Å². The second kappa shape index (κ2) is 7.22. The van der Waals surface area contributed by atoms with Crippen molar-refractivity contribution >= 4 is 17.4 Å². The molecule has 0 heterocycles. The molecule has 2 rings (SSSR count). The topological polar surface area (TPSA) is 41.5 Å². The number of hydrogen-bond donors (Lipinski definition) is 2. The van der Waals surface area contributed by atoms with Crippen molar-refractivity contribution in [2.75, 3.05) is 18.7 Å². The number of methoxy groups -OCH3 is 1. The van der Waals surface area contributed by atoms with Gasteiger partial charge in [0.2, 0.25) is 0 Å². The molecule has 0 fully saturated rings. The van der Waals surface area contributed by atoms with Gasteiger partial charge in [0, 0.05) is 22.7 Å². The van der Waals surface area contributed by atoms with Crippen molar-refractivity contribution in [1.29, 1.82) is 0 Å². The van der Waals surface area contributed by atoms with E-state index in [2.05, 4.69) is 11.4 Å². The van der Waals surface area contributed by atoms with Crippen LogP contribution in [0.3, 0.4) is 0 Å². The summed E-state index contributed by atoms with van der Waals surface area (Å²) in [4.78, 5) is 1.13. The van der Waals surface area contributed by atoms with Crippen molar-refractivity contribution in [3.63, 3.8) is 0 Å². The summed E-state index contributed by atoms with van der Waals surface area (Å²) in [6, 6.07) is 13.9. The van der Waals surface area contributed by atoms with Crippen LogP contribution in [0.25, 0.3) is 0 Å². The third-order valence-corrected chi connectivity index (χ3v) is 3.88. The first kappa shape index (κ1) is 14.8. The molecule has 0 atom stereocenters. The number of para-hydroxylation sites is 1. The third-order valence-electron chi connectivity index (χ3n) is 3.12. The second-order valence-electron chi connectivity index (χ2n) is 4.36. The molecule has 0 aliphatic carbocycles. The molecule has 0 unspecified atom stereocenters. The Morgan fingerprint density at radius 1 is 1.20 bits per heavy atom. The van der Waals surface area contributed by atoms with Gasteiger partial charge in [-0.05, 0) is 30.0 Å². The highest BCUT2D eigenvalue weighted by atomic mass is 32.2. The summed E-state index contributed by atoms with van der Waals surface area (Å²) in [5.74, 6) is 0.900. The van der Waals surface area contributed by atoms with Gasteiger partial charge in [-0.2, -0.15) is 0 Å². The molecule has 20 heavy (non-hydrogen) atoms. The summed E-state index contributed by atoms with van der Waals surface area (Å²) in [5.41, 5.74) is 3.06. The van der Waals surface area contributed by atoms with Gasteiger partial charge >= 0.3 is 0 Å². The van der Waals surface area contributed by atoms with Gasteiger partial charge in [-0.1, -0.05) is 24.3 Å². The molecule has 0 saturated heterocycles. The summed E-state index contributed by atoms with van der Waals surface area (Å²) >= 11 is 1.67. The first-order valence-corrected chi connectivity index (χ1v) is 7.64. The Kier molecular flexibility index (Phi) is 5.32. The molecule has 0 aliphatic rings. The molecular formula is C16H19NO2S. The van der Waals surface area contributed by atoms with Crippen LogP contribution >= 0.6 is 11.8 Å². The Hall–Kier alpha value is -1.65. The van der Waals surface area contributed by atoms with E-state index in [1.165, 1.54) is 5.56 Å². The molecule has 0 aromatic heterocycles. The maximum atomic E-state index is 9.31. The maximum Gasteiger partial charge on any atom is 0.132 e. The SMILES string of the molecule is COc1ccc(CNc2ccccc2CO)cc1SC. The van der Waals surface area contributed by atoms with Crippen LogP contribution in [0.15, 0.2) is 47.4 Å². The zero-order valence-electron chi connectivity index (χ0n) is 11.7. The number of thioether (sulfide) groups is 1. The number of rotatable bonds is 6. The predicted molar refractivity (Wildman–Crippen MR) is 84.5 cm³/mol. The molecule has 0 bridgehead atoms. The number of nitrogens with one attached hydrogen (secondary N) is 1. The van der Waals surface area contributed by atoms with Crippen molar-refractivity contribution in [3.8, 4) is 5.75 Å². The van der Waals surface area contributed by atoms with Crippen LogP contribution in [0.1, 0.15) is 11.1 Å². The molecule has 2 aromatic carbocycles. The van der Waals surface area contributed by atoms with E-state index in [1.54, 1.807) is 18.9 Å². The Morgan fingerprint density at radius 3 is 2.70 bits per heavy atom. The average Bonchev–Trinajstić information content (AvgIpc) is 2.52. The zero-order chi connectivity index (χ0) is 14.4. The summed E-state index contributed by atoms with van der Waals surface area (Å²) in [5, 5.41) is 12.7. The summed E-state index contributed by atoms with van der Waals surface area (Å²) in [7, 11) is 1.68. The van der Waals surface area contributed by atoms with Crippen LogP contribution in [0.5, 0.6) is 5.75 Å². The van der Waals surface area contributed by atoms with Crippen LogP contribution in [0.4, 0.5) is 5.69 Å². The summed E-state index contributed by atoms with van der Waals surface area (Å²) in [6.45, 7) is 0.760. The van der Waals surface area contributed by atoms with E-state index < -0.39 is 0 Å². The number of benzene rings is 2. The minimum atomic E-state index is 0.0435. The van der Waals surface area contributed by atoms with E-state index in [9.17, 15) is 5.11 Å². The highest BCUT2D eigenvalue weighted by Crippen LogP contribution is 2.28. The van der Waals surface area contributed by atoms with Crippen LogP contribution in [-0.2, 0) is 13.2 Å². The fourth-order valence-electron chi connectivity index (χ4n) is 2.02. The first-order chi connectivity index (χ1) is 9.78. The lowest BCUT2D eigenvalue weighted by molar-refractivity contribution is 0.282. The molecule has 0 radical (unpaired) electrons. The Labute approximate surface area is 124 Å². The van der Waals surface area contributed by atoms with E-state index >= 15 is 0 Å². The Morgan fingerprint density at radius 2 is 2.00 bits per heavy atom. The average molecular weight is 289 g/mol. The van der Waals surface area contributed by atoms with E-state index in [0.29, 0.717) is 6.54 Å². The van der Waals surface area contributed by atoms with Gasteiger partial charge in [0.1, 0.15) is 5.75 Å². The highest BCUT2D eigenvalue weighted by molar-refractivity contribution is 7.98. The van der Waals surface area contributed by atoms with Crippen LogP contribution in [-0.4, -0.2) is 18.5 Å². The molecule has 4 heteroatoms. The minimum Gasteiger partial charge on any atom is -0.496 e. The number of hydrogen-bond acceptors (Lipinski definition) is 4. The molecular weight excluding hydrogens is 270 g/mol. The largest absolute Gasteiger partial charge is 0.496 e. The van der Waals surface area contributed by atoms with Gasteiger partial charge in [0.05, 0.1) is 13.7 Å². The van der Waals surface area contributed by atoms with E-state index in [-0.39, 0.29) is 6.61 Å². The highest BCUT2D eigenvalue weighted by Gasteiger charge is 2.04. The Balaban J connectivity index is 2.11. The first-order valence-electron chi connectivity index (χ1n) is 6.42. The molecule has 2 N–H and O–H groups in total. The summed E-state index contributed by atoms with van der Waals surface area (Å²) < 4.78 is 5.32. The van der Waals surface area contributed by atoms with E-state index in [0.717, 1.165) is 21.9 Å². The Bertz CT molecular complexity index is 572. The monoisotopic (exact) mass is 289 g/mol. The van der Waals surface area contributed by atoms with Crippen molar-refractivity contribution in [1.82, 2.24) is 0 Å². The fourth-order valence-corrected chi connectivity index (χ4v) is 2.64. The molecule has 0 aliphatic heterocycles. The predicted octanol–water partition coefficient (Wildman–Crippen LogP) is 3.52. The van der Waals surface area contributed by atoms with Crippen molar-refractivity contribution < 1.29 is 9.84 Å². The number of ether oxygens (including phenoxy) is 1. The quantitative estimate of drug-likeness (QED) is 0.798. The number of anilines is 1. The molecule has 0 saturated carbocycles. The molecule has 3 nitrogen and oxygen atoms in total. The van der Waals surface area contributed by atoms with Crippen molar-refractivity contribution in [3.05, 3.63) is 53.6 Å². The normalized spacial score (nSPS) is 10.3. The number of aliphatic hydroxyl groups is 1. The lowest BCUT2D eigenvalue weighted by Crippen LogP contribution is -2.02. The lowest BCUT2D eigenvalue weighted by Gasteiger charge is -2.12. The molecule has 106 valence electrons. The van der Waals surface area contributed by atoms with Gasteiger partial charge < -0.3 is 15.2 Å². The van der Waals surface area contributed by atoms with Gasteiger partial charge in [0.25, 0.3) is 0 Å². The lowest BCUT2D eigenvalue weighted by atomic mass is 10.1.